The summed E-state index contributed by atoms with van der Waals surface area (Å²) in [6, 6.07) is 0. The Morgan fingerprint density at radius 3 is 1.82 bits per heavy atom. The molecule has 0 saturated heterocycles. The first kappa shape index (κ1) is 25.3. The largest absolute Gasteiger partial charge is 0.466 e. The van der Waals surface area contributed by atoms with E-state index < -0.39 is 11.6 Å². The molecule has 0 bridgehead atoms. The average molecular weight is 396 g/mol. The number of rotatable bonds is 9. The van der Waals surface area contributed by atoms with Crippen LogP contribution in [0.4, 0.5) is 0 Å². The van der Waals surface area contributed by atoms with Crippen LogP contribution in [0.25, 0.3) is 0 Å². The van der Waals surface area contributed by atoms with Crippen LogP contribution in [0.1, 0.15) is 40.0 Å². The van der Waals surface area contributed by atoms with E-state index in [2.05, 4.69) is 13.2 Å². The van der Waals surface area contributed by atoms with E-state index in [0.717, 1.165) is 12.8 Å². The SMILES string of the molecule is C=CC1CC1(CC)C(=O)OCC.C=C[C@@H]1C[C@]1(OC=O)C(=O)OCC.O=C=O. The summed E-state index contributed by atoms with van der Waals surface area (Å²) < 4.78 is 14.5. The molecule has 0 amide bonds. The molecule has 2 aliphatic rings. The van der Waals surface area contributed by atoms with Crippen molar-refractivity contribution in [1.82, 2.24) is 0 Å². The van der Waals surface area contributed by atoms with E-state index >= 15 is 0 Å². The highest BCUT2D eigenvalue weighted by atomic mass is 16.6. The summed E-state index contributed by atoms with van der Waals surface area (Å²) in [7, 11) is 0. The second kappa shape index (κ2) is 11.9. The Labute approximate surface area is 164 Å². The van der Waals surface area contributed by atoms with Gasteiger partial charge in [0.25, 0.3) is 6.47 Å². The molecular formula is C20H28O8. The molecule has 0 aromatic rings. The molecule has 0 radical (unpaired) electrons. The summed E-state index contributed by atoms with van der Waals surface area (Å²) >= 11 is 0. The molecule has 2 aliphatic carbocycles. The molecule has 2 saturated carbocycles. The number of carbonyl (C=O) groups excluding carboxylic acids is 5. The molecule has 4 atom stereocenters. The van der Waals surface area contributed by atoms with Gasteiger partial charge in [0.15, 0.2) is 0 Å². The van der Waals surface area contributed by atoms with E-state index in [-0.39, 0.29) is 36.5 Å². The Bertz CT molecular complexity index is 607. The fraction of sp³-hybridized carbons (Fsp3) is 0.600. The van der Waals surface area contributed by atoms with Gasteiger partial charge < -0.3 is 14.2 Å². The fourth-order valence-electron chi connectivity index (χ4n) is 3.00. The third-order valence-corrected chi connectivity index (χ3v) is 4.86. The van der Waals surface area contributed by atoms with Crippen molar-refractivity contribution in [3.63, 3.8) is 0 Å². The Balaban J connectivity index is 0.000000458. The third kappa shape index (κ3) is 5.89. The zero-order valence-corrected chi connectivity index (χ0v) is 16.6. The van der Waals surface area contributed by atoms with E-state index in [1.54, 1.807) is 13.0 Å². The van der Waals surface area contributed by atoms with E-state index in [0.29, 0.717) is 18.9 Å². The van der Waals surface area contributed by atoms with Gasteiger partial charge in [-0.3, -0.25) is 9.59 Å². The van der Waals surface area contributed by atoms with Gasteiger partial charge in [-0.25, -0.2) is 4.79 Å². The average Bonchev–Trinajstić information content (AvgIpc) is 3.57. The lowest BCUT2D eigenvalue weighted by Gasteiger charge is -2.12. The van der Waals surface area contributed by atoms with Gasteiger partial charge in [0.2, 0.25) is 5.60 Å². The van der Waals surface area contributed by atoms with Crippen molar-refractivity contribution in [2.24, 2.45) is 17.3 Å². The van der Waals surface area contributed by atoms with Crippen LogP contribution in [0, 0.1) is 17.3 Å². The van der Waals surface area contributed by atoms with Crippen LogP contribution >= 0.6 is 0 Å². The predicted octanol–water partition coefficient (Wildman–Crippen LogP) is 2.24. The number of hydrogen-bond donors (Lipinski definition) is 0. The minimum atomic E-state index is -1.07. The van der Waals surface area contributed by atoms with Crippen molar-refractivity contribution in [3.8, 4) is 0 Å². The first-order valence-corrected chi connectivity index (χ1v) is 9.04. The van der Waals surface area contributed by atoms with Crippen LogP contribution in [-0.4, -0.2) is 43.4 Å². The number of ether oxygens (including phenoxy) is 3. The van der Waals surface area contributed by atoms with Crippen molar-refractivity contribution in [2.45, 2.75) is 45.6 Å². The summed E-state index contributed by atoms with van der Waals surface area (Å²) in [6.07, 6.45) is 5.98. The van der Waals surface area contributed by atoms with Gasteiger partial charge in [-0.2, -0.15) is 9.59 Å². The normalized spacial score (nSPS) is 28.4. The van der Waals surface area contributed by atoms with Gasteiger partial charge in [-0.05, 0) is 32.6 Å². The molecule has 0 N–H and O–H groups in total. The topological polar surface area (TPSA) is 113 Å². The molecule has 8 nitrogen and oxygen atoms in total. The minimum absolute atomic E-state index is 0.0441. The highest BCUT2D eigenvalue weighted by Gasteiger charge is 2.63. The fourth-order valence-corrected chi connectivity index (χ4v) is 3.00. The molecule has 2 unspecified atom stereocenters. The summed E-state index contributed by atoms with van der Waals surface area (Å²) in [5, 5.41) is 0. The molecule has 2 rings (SSSR count). The second-order valence-corrected chi connectivity index (χ2v) is 6.23. The van der Waals surface area contributed by atoms with Gasteiger partial charge in [0.05, 0.1) is 18.6 Å². The van der Waals surface area contributed by atoms with Gasteiger partial charge in [0, 0.05) is 12.3 Å². The van der Waals surface area contributed by atoms with E-state index in [4.69, 9.17) is 23.8 Å². The van der Waals surface area contributed by atoms with Gasteiger partial charge >= 0.3 is 18.1 Å². The summed E-state index contributed by atoms with van der Waals surface area (Å²) in [5.41, 5.74) is -1.28. The molecule has 8 heteroatoms. The summed E-state index contributed by atoms with van der Waals surface area (Å²) in [6.45, 7) is 13.9. The maximum atomic E-state index is 11.5. The van der Waals surface area contributed by atoms with Crippen LogP contribution < -0.4 is 0 Å². The number of carbonyl (C=O) groups is 3. The zero-order valence-electron chi connectivity index (χ0n) is 16.6. The molecule has 156 valence electrons. The quantitative estimate of drug-likeness (QED) is 0.252. The Hall–Kier alpha value is -2.73. The van der Waals surface area contributed by atoms with Crippen LogP contribution in [0.3, 0.4) is 0 Å². The number of hydrogen-bond acceptors (Lipinski definition) is 8. The summed E-state index contributed by atoms with van der Waals surface area (Å²) in [4.78, 5) is 49.2. The first-order valence-electron chi connectivity index (χ1n) is 9.04. The maximum Gasteiger partial charge on any atom is 0.373 e. The van der Waals surface area contributed by atoms with E-state index in [1.165, 1.54) is 0 Å². The first-order chi connectivity index (χ1) is 13.3. The van der Waals surface area contributed by atoms with E-state index in [9.17, 15) is 14.4 Å². The molecule has 0 spiro atoms. The Morgan fingerprint density at radius 1 is 1.00 bits per heavy atom. The molecule has 0 aliphatic heterocycles. The van der Waals surface area contributed by atoms with Crippen LogP contribution in [-0.2, 0) is 38.2 Å². The van der Waals surface area contributed by atoms with Crippen molar-refractivity contribution >= 4 is 24.6 Å². The monoisotopic (exact) mass is 396 g/mol. The molecule has 28 heavy (non-hydrogen) atoms. The van der Waals surface area contributed by atoms with Crippen LogP contribution in [0.15, 0.2) is 25.3 Å². The highest BCUT2D eigenvalue weighted by Crippen LogP contribution is 2.56. The Morgan fingerprint density at radius 2 is 1.50 bits per heavy atom. The van der Waals surface area contributed by atoms with E-state index in [1.807, 2.05) is 19.9 Å². The summed E-state index contributed by atoms with van der Waals surface area (Å²) in [5.74, 6) is -0.275. The lowest BCUT2D eigenvalue weighted by Crippen LogP contribution is -2.30. The zero-order chi connectivity index (χ0) is 21.8. The molecule has 0 aromatic carbocycles. The second-order valence-electron chi connectivity index (χ2n) is 6.23. The maximum absolute atomic E-state index is 11.5. The lowest BCUT2D eigenvalue weighted by atomic mass is 10.0. The Kier molecular flexibility index (Phi) is 10.7. The molecular weight excluding hydrogens is 368 g/mol. The smallest absolute Gasteiger partial charge is 0.373 e. The van der Waals surface area contributed by atoms with Crippen LogP contribution in [0.2, 0.25) is 0 Å². The third-order valence-electron chi connectivity index (χ3n) is 4.86. The molecule has 0 heterocycles. The molecule has 2 fully saturated rings. The van der Waals surface area contributed by atoms with Crippen molar-refractivity contribution in [2.75, 3.05) is 13.2 Å². The standard InChI is InChI=1S/C10H16O2.C9H12O4.CO2/c1-4-8-7-10(8,5-2)9(11)12-6-3;1-3-7-5-9(7,13-6-10)8(11)12-4-2;2-1-3/h4,8H,1,5-7H2,2-3H3;3,6-7H,1,4-5H2,2H3;/t;7-,9-;/m.1./s1. The van der Waals surface area contributed by atoms with Crippen molar-refractivity contribution in [1.29, 1.82) is 0 Å². The molecule has 0 aromatic heterocycles. The number of allylic oxidation sites excluding steroid dienone is 1. The lowest BCUT2D eigenvalue weighted by molar-refractivity contribution is -0.191. The highest BCUT2D eigenvalue weighted by molar-refractivity contribution is 5.85. The van der Waals surface area contributed by atoms with Gasteiger partial charge in [-0.1, -0.05) is 19.1 Å². The van der Waals surface area contributed by atoms with Gasteiger partial charge in [-0.15, -0.1) is 13.2 Å². The van der Waals surface area contributed by atoms with Crippen molar-refractivity contribution in [3.05, 3.63) is 25.3 Å². The minimum Gasteiger partial charge on any atom is -0.466 e. The van der Waals surface area contributed by atoms with Gasteiger partial charge in [0.1, 0.15) is 0 Å². The number of esters is 2. The van der Waals surface area contributed by atoms with Crippen LogP contribution in [0.5, 0.6) is 0 Å². The van der Waals surface area contributed by atoms with Crippen molar-refractivity contribution < 1.29 is 38.2 Å². The predicted molar refractivity (Wildman–Crippen MR) is 97.5 cm³/mol.